The van der Waals surface area contributed by atoms with Crippen LogP contribution in [0.2, 0.25) is 0 Å². The molecule has 0 aliphatic heterocycles. The van der Waals surface area contributed by atoms with E-state index >= 15 is 0 Å². The highest BCUT2D eigenvalue weighted by atomic mass is 16.5. The Morgan fingerprint density at radius 3 is 2.10 bits per heavy atom. The molecule has 0 heterocycles. The van der Waals surface area contributed by atoms with Crippen LogP contribution >= 0.6 is 0 Å². The summed E-state index contributed by atoms with van der Waals surface area (Å²) in [6, 6.07) is 7.08. The molecule has 110 valence electrons. The van der Waals surface area contributed by atoms with Crippen molar-refractivity contribution >= 4 is 11.8 Å². The summed E-state index contributed by atoms with van der Waals surface area (Å²) < 4.78 is 5.07. The molecule has 0 saturated heterocycles. The zero-order valence-electron chi connectivity index (χ0n) is 12.6. The third-order valence-corrected chi connectivity index (χ3v) is 2.66. The first-order chi connectivity index (χ1) is 9.23. The minimum atomic E-state index is -0.636. The highest BCUT2D eigenvalue weighted by Crippen LogP contribution is 2.17. The number of rotatable bonds is 3. The van der Waals surface area contributed by atoms with Crippen LogP contribution < -0.4 is 15.4 Å². The maximum absolute atomic E-state index is 11.8. The summed E-state index contributed by atoms with van der Waals surface area (Å²) in [5.74, 6) is -0.515. The van der Waals surface area contributed by atoms with E-state index < -0.39 is 17.4 Å². The third-order valence-electron chi connectivity index (χ3n) is 2.66. The number of hydrogen-bond acceptors (Lipinski definition) is 3. The topological polar surface area (TPSA) is 67.4 Å². The van der Waals surface area contributed by atoms with E-state index in [1.807, 2.05) is 52.0 Å². The average molecular weight is 278 g/mol. The monoisotopic (exact) mass is 278 g/mol. The van der Waals surface area contributed by atoms with E-state index in [4.69, 9.17) is 4.74 Å². The van der Waals surface area contributed by atoms with E-state index in [2.05, 4.69) is 10.6 Å². The molecule has 2 amide bonds. The fourth-order valence-electron chi connectivity index (χ4n) is 1.64. The van der Waals surface area contributed by atoms with Gasteiger partial charge >= 0.3 is 11.8 Å². The number of nitrogens with one attached hydrogen (secondary N) is 2. The Hall–Kier alpha value is -2.04. The zero-order chi connectivity index (χ0) is 15.3. The minimum Gasteiger partial charge on any atom is -0.497 e. The van der Waals surface area contributed by atoms with Gasteiger partial charge < -0.3 is 15.4 Å². The summed E-state index contributed by atoms with van der Waals surface area (Å²) in [4.78, 5) is 23.5. The van der Waals surface area contributed by atoms with Crippen LogP contribution in [0.15, 0.2) is 24.3 Å². The van der Waals surface area contributed by atoms with Crippen molar-refractivity contribution in [2.24, 2.45) is 0 Å². The molecule has 0 aliphatic rings. The summed E-state index contributed by atoms with van der Waals surface area (Å²) in [6.45, 7) is 7.30. The standard InChI is InChI=1S/C15H22N2O3/c1-10(11-6-8-12(20-5)9-7-11)16-13(18)14(19)17-15(2,3)4/h6-10H,1-5H3,(H,16,18)(H,17,19)/t10-/m0/s1. The molecule has 5 heteroatoms. The van der Waals surface area contributed by atoms with Crippen LogP contribution in [0, 0.1) is 0 Å². The molecule has 0 spiro atoms. The van der Waals surface area contributed by atoms with Gasteiger partial charge in [0, 0.05) is 5.54 Å². The number of amides is 2. The minimum absolute atomic E-state index is 0.251. The molecule has 0 aromatic heterocycles. The van der Waals surface area contributed by atoms with Crippen LogP contribution in [0.25, 0.3) is 0 Å². The fourth-order valence-corrected chi connectivity index (χ4v) is 1.64. The zero-order valence-corrected chi connectivity index (χ0v) is 12.6. The van der Waals surface area contributed by atoms with Crippen molar-refractivity contribution in [2.45, 2.75) is 39.3 Å². The van der Waals surface area contributed by atoms with Crippen molar-refractivity contribution in [3.05, 3.63) is 29.8 Å². The van der Waals surface area contributed by atoms with Crippen molar-refractivity contribution in [1.82, 2.24) is 10.6 Å². The molecule has 1 aromatic rings. The highest BCUT2D eigenvalue weighted by Gasteiger charge is 2.21. The summed E-state index contributed by atoms with van der Waals surface area (Å²) in [5.41, 5.74) is 0.473. The van der Waals surface area contributed by atoms with Gasteiger partial charge in [0.1, 0.15) is 5.75 Å². The summed E-state index contributed by atoms with van der Waals surface area (Å²) in [5, 5.41) is 5.29. The Kier molecular flexibility index (Phi) is 5.13. The summed E-state index contributed by atoms with van der Waals surface area (Å²) in [6.07, 6.45) is 0. The number of ether oxygens (including phenoxy) is 1. The fraction of sp³-hybridized carbons (Fsp3) is 0.467. The lowest BCUT2D eigenvalue weighted by Gasteiger charge is -2.21. The Morgan fingerprint density at radius 2 is 1.65 bits per heavy atom. The lowest BCUT2D eigenvalue weighted by Crippen LogP contribution is -2.48. The second-order valence-electron chi connectivity index (χ2n) is 5.67. The van der Waals surface area contributed by atoms with Gasteiger partial charge in [-0.15, -0.1) is 0 Å². The van der Waals surface area contributed by atoms with E-state index in [1.54, 1.807) is 7.11 Å². The third kappa shape index (κ3) is 4.91. The molecule has 0 aliphatic carbocycles. The first kappa shape index (κ1) is 16.0. The second-order valence-corrected chi connectivity index (χ2v) is 5.67. The smallest absolute Gasteiger partial charge is 0.309 e. The lowest BCUT2D eigenvalue weighted by atomic mass is 10.1. The molecule has 0 unspecified atom stereocenters. The molecule has 1 rings (SSSR count). The lowest BCUT2D eigenvalue weighted by molar-refractivity contribution is -0.140. The Balaban J connectivity index is 2.62. The predicted octanol–water partition coefficient (Wildman–Crippen LogP) is 1.79. The number of hydrogen-bond donors (Lipinski definition) is 2. The van der Waals surface area contributed by atoms with Gasteiger partial charge in [-0.2, -0.15) is 0 Å². The first-order valence-corrected chi connectivity index (χ1v) is 6.50. The SMILES string of the molecule is COc1ccc([C@H](C)NC(=O)C(=O)NC(C)(C)C)cc1. The van der Waals surface area contributed by atoms with Gasteiger partial charge in [0.25, 0.3) is 0 Å². The molecule has 20 heavy (non-hydrogen) atoms. The molecule has 0 saturated carbocycles. The van der Waals surface area contributed by atoms with Crippen molar-refractivity contribution in [2.75, 3.05) is 7.11 Å². The maximum Gasteiger partial charge on any atom is 0.309 e. The van der Waals surface area contributed by atoms with Crippen molar-refractivity contribution in [3.8, 4) is 5.75 Å². The van der Waals surface area contributed by atoms with Crippen molar-refractivity contribution in [3.63, 3.8) is 0 Å². The Bertz CT molecular complexity index is 475. The molecule has 0 radical (unpaired) electrons. The Morgan fingerprint density at radius 1 is 1.10 bits per heavy atom. The molecular formula is C15H22N2O3. The normalized spacial score (nSPS) is 12.4. The maximum atomic E-state index is 11.8. The molecule has 0 bridgehead atoms. The second kappa shape index (κ2) is 6.41. The quantitative estimate of drug-likeness (QED) is 0.828. The van der Waals surface area contributed by atoms with Gasteiger partial charge in [0.15, 0.2) is 0 Å². The van der Waals surface area contributed by atoms with Crippen molar-refractivity contribution < 1.29 is 14.3 Å². The van der Waals surface area contributed by atoms with Gasteiger partial charge in [0.2, 0.25) is 0 Å². The van der Waals surface area contributed by atoms with E-state index in [9.17, 15) is 9.59 Å². The van der Waals surface area contributed by atoms with Gasteiger partial charge in [-0.25, -0.2) is 0 Å². The number of carbonyl (C=O) groups is 2. The summed E-state index contributed by atoms with van der Waals surface area (Å²) >= 11 is 0. The molecule has 5 nitrogen and oxygen atoms in total. The van der Waals surface area contributed by atoms with Crippen LogP contribution in [-0.2, 0) is 9.59 Å². The van der Waals surface area contributed by atoms with Crippen molar-refractivity contribution in [1.29, 1.82) is 0 Å². The van der Waals surface area contributed by atoms with Crippen LogP contribution in [0.4, 0.5) is 0 Å². The highest BCUT2D eigenvalue weighted by molar-refractivity contribution is 6.35. The van der Waals surface area contributed by atoms with E-state index in [0.717, 1.165) is 11.3 Å². The van der Waals surface area contributed by atoms with Crippen LogP contribution in [-0.4, -0.2) is 24.5 Å². The van der Waals surface area contributed by atoms with E-state index in [-0.39, 0.29) is 6.04 Å². The van der Waals surface area contributed by atoms with Gasteiger partial charge in [-0.1, -0.05) is 12.1 Å². The summed E-state index contributed by atoms with van der Waals surface area (Å²) in [7, 11) is 1.59. The largest absolute Gasteiger partial charge is 0.497 e. The first-order valence-electron chi connectivity index (χ1n) is 6.50. The average Bonchev–Trinajstić information content (AvgIpc) is 2.36. The van der Waals surface area contributed by atoms with Gasteiger partial charge in [0.05, 0.1) is 13.2 Å². The number of benzene rings is 1. The number of methoxy groups -OCH3 is 1. The molecule has 2 N–H and O–H groups in total. The number of carbonyl (C=O) groups excluding carboxylic acids is 2. The van der Waals surface area contributed by atoms with E-state index in [1.165, 1.54) is 0 Å². The van der Waals surface area contributed by atoms with Gasteiger partial charge in [-0.05, 0) is 45.4 Å². The Labute approximate surface area is 119 Å². The van der Waals surface area contributed by atoms with Gasteiger partial charge in [-0.3, -0.25) is 9.59 Å². The molecule has 1 aromatic carbocycles. The molecule has 0 fully saturated rings. The van der Waals surface area contributed by atoms with Crippen LogP contribution in [0.3, 0.4) is 0 Å². The van der Waals surface area contributed by atoms with E-state index in [0.29, 0.717) is 0 Å². The molecule has 1 atom stereocenters. The predicted molar refractivity (Wildman–Crippen MR) is 77.4 cm³/mol. The van der Waals surface area contributed by atoms with Crippen LogP contribution in [0.1, 0.15) is 39.3 Å². The van der Waals surface area contributed by atoms with Crippen LogP contribution in [0.5, 0.6) is 5.75 Å². The molecular weight excluding hydrogens is 256 g/mol.